The predicted molar refractivity (Wildman–Crippen MR) is 65.6 cm³/mol. The molecule has 0 fully saturated rings. The Hall–Kier alpha value is -0.410. The van der Waals surface area contributed by atoms with E-state index in [2.05, 4.69) is 41.7 Å². The minimum atomic E-state index is 0.301. The molecule has 3 heteroatoms. The third-order valence-corrected chi connectivity index (χ3v) is 2.58. The molecule has 0 aromatic carbocycles. The van der Waals surface area contributed by atoms with Crippen molar-refractivity contribution in [2.75, 3.05) is 0 Å². The maximum absolute atomic E-state index is 5.70. The van der Waals surface area contributed by atoms with Crippen LogP contribution >= 0.6 is 15.9 Å². The first-order valence-electron chi connectivity index (χ1n) is 5.30. The number of hydrogen-bond donors (Lipinski definition) is 0. The highest BCUT2D eigenvalue weighted by molar-refractivity contribution is 9.10. The monoisotopic (exact) mass is 271 g/mol. The first-order chi connectivity index (χ1) is 7.08. The van der Waals surface area contributed by atoms with E-state index in [1.165, 1.54) is 0 Å². The normalized spacial score (nSPS) is 13.1. The lowest BCUT2D eigenvalue weighted by Gasteiger charge is -2.14. The highest BCUT2D eigenvalue weighted by atomic mass is 79.9. The largest absolute Gasteiger partial charge is 0.372 e. The van der Waals surface area contributed by atoms with Crippen LogP contribution in [0.1, 0.15) is 32.9 Å². The van der Waals surface area contributed by atoms with Crippen molar-refractivity contribution in [2.24, 2.45) is 5.92 Å². The topological polar surface area (TPSA) is 22.1 Å². The van der Waals surface area contributed by atoms with E-state index in [0.29, 0.717) is 18.6 Å². The molecular formula is C12H18BrNO. The van der Waals surface area contributed by atoms with E-state index in [9.17, 15) is 0 Å². The Bertz CT molecular complexity index is 284. The van der Waals surface area contributed by atoms with E-state index in [0.717, 1.165) is 16.6 Å². The molecule has 84 valence electrons. The molecule has 0 aliphatic carbocycles. The fourth-order valence-electron chi connectivity index (χ4n) is 1.45. The van der Waals surface area contributed by atoms with Gasteiger partial charge in [0.15, 0.2) is 0 Å². The van der Waals surface area contributed by atoms with Crippen LogP contribution in [0.5, 0.6) is 0 Å². The molecule has 0 saturated carbocycles. The van der Waals surface area contributed by atoms with E-state index in [1.807, 2.05) is 12.1 Å². The van der Waals surface area contributed by atoms with Crippen LogP contribution < -0.4 is 0 Å². The summed E-state index contributed by atoms with van der Waals surface area (Å²) < 4.78 is 6.70. The van der Waals surface area contributed by atoms with Crippen molar-refractivity contribution >= 4 is 15.9 Å². The Morgan fingerprint density at radius 1 is 1.33 bits per heavy atom. The first-order valence-corrected chi connectivity index (χ1v) is 6.09. The van der Waals surface area contributed by atoms with Gasteiger partial charge in [-0.15, -0.1) is 0 Å². The second-order valence-electron chi connectivity index (χ2n) is 4.22. The SMILES string of the molecule is CC(C)CC(C)OCc1ccc(Br)cn1. The zero-order valence-corrected chi connectivity index (χ0v) is 11.1. The third-order valence-electron chi connectivity index (χ3n) is 2.11. The Balaban J connectivity index is 2.33. The Labute approximate surface area is 100 Å². The van der Waals surface area contributed by atoms with Gasteiger partial charge in [-0.25, -0.2) is 0 Å². The molecule has 0 bridgehead atoms. The molecule has 1 aromatic heterocycles. The number of halogens is 1. The van der Waals surface area contributed by atoms with Gasteiger partial charge in [0.05, 0.1) is 18.4 Å². The van der Waals surface area contributed by atoms with Crippen LogP contribution in [0.25, 0.3) is 0 Å². The predicted octanol–water partition coefficient (Wildman–Crippen LogP) is 3.80. The Morgan fingerprint density at radius 2 is 2.07 bits per heavy atom. The summed E-state index contributed by atoms with van der Waals surface area (Å²) in [6, 6.07) is 3.96. The minimum absolute atomic E-state index is 0.301. The smallest absolute Gasteiger partial charge is 0.0891 e. The summed E-state index contributed by atoms with van der Waals surface area (Å²) in [4.78, 5) is 4.26. The lowest BCUT2D eigenvalue weighted by Crippen LogP contribution is -2.11. The molecular weight excluding hydrogens is 254 g/mol. The molecule has 1 aromatic rings. The van der Waals surface area contributed by atoms with E-state index in [1.54, 1.807) is 6.20 Å². The summed E-state index contributed by atoms with van der Waals surface area (Å²) in [6.07, 6.45) is 3.19. The Kier molecular flexibility index (Phi) is 5.26. The molecule has 0 aliphatic heterocycles. The zero-order valence-electron chi connectivity index (χ0n) is 9.53. The molecule has 0 spiro atoms. The molecule has 0 saturated heterocycles. The average molecular weight is 272 g/mol. The second-order valence-corrected chi connectivity index (χ2v) is 5.13. The van der Waals surface area contributed by atoms with Crippen molar-refractivity contribution in [3.05, 3.63) is 28.5 Å². The van der Waals surface area contributed by atoms with Gasteiger partial charge in [0.25, 0.3) is 0 Å². The molecule has 2 nitrogen and oxygen atoms in total. The van der Waals surface area contributed by atoms with Gasteiger partial charge in [-0.3, -0.25) is 4.98 Å². The summed E-state index contributed by atoms with van der Waals surface area (Å²) in [5.41, 5.74) is 0.980. The maximum atomic E-state index is 5.70. The van der Waals surface area contributed by atoms with Gasteiger partial charge < -0.3 is 4.74 Å². The van der Waals surface area contributed by atoms with Gasteiger partial charge in [-0.2, -0.15) is 0 Å². The molecule has 0 amide bonds. The third kappa shape index (κ3) is 5.28. The van der Waals surface area contributed by atoms with Crippen molar-refractivity contribution in [1.82, 2.24) is 4.98 Å². The van der Waals surface area contributed by atoms with Gasteiger partial charge >= 0.3 is 0 Å². The van der Waals surface area contributed by atoms with E-state index in [4.69, 9.17) is 4.74 Å². The number of ether oxygens (including phenoxy) is 1. The van der Waals surface area contributed by atoms with Crippen molar-refractivity contribution in [2.45, 2.75) is 39.9 Å². The van der Waals surface area contributed by atoms with Crippen LogP contribution in [0.3, 0.4) is 0 Å². The van der Waals surface area contributed by atoms with Crippen LogP contribution in [0.2, 0.25) is 0 Å². The molecule has 1 unspecified atom stereocenters. The molecule has 1 atom stereocenters. The van der Waals surface area contributed by atoms with Crippen molar-refractivity contribution in [3.8, 4) is 0 Å². The van der Waals surface area contributed by atoms with E-state index < -0.39 is 0 Å². The van der Waals surface area contributed by atoms with Crippen molar-refractivity contribution < 1.29 is 4.74 Å². The zero-order chi connectivity index (χ0) is 11.3. The second kappa shape index (κ2) is 6.23. The van der Waals surface area contributed by atoms with Gasteiger partial charge in [0, 0.05) is 10.7 Å². The van der Waals surface area contributed by atoms with Crippen molar-refractivity contribution in [1.29, 1.82) is 0 Å². The highest BCUT2D eigenvalue weighted by Gasteiger charge is 2.05. The first kappa shape index (κ1) is 12.7. The summed E-state index contributed by atoms with van der Waals surface area (Å²) in [6.45, 7) is 7.12. The Morgan fingerprint density at radius 3 is 2.60 bits per heavy atom. The fraction of sp³-hybridized carbons (Fsp3) is 0.583. The van der Waals surface area contributed by atoms with Crippen LogP contribution in [0.4, 0.5) is 0 Å². The number of hydrogen-bond acceptors (Lipinski definition) is 2. The standard InChI is InChI=1S/C12H18BrNO/c1-9(2)6-10(3)15-8-12-5-4-11(13)7-14-12/h4-5,7,9-10H,6,8H2,1-3H3. The van der Waals surface area contributed by atoms with Gasteiger partial charge in [0.2, 0.25) is 0 Å². The summed E-state index contributed by atoms with van der Waals surface area (Å²) in [5.74, 6) is 0.679. The fourth-order valence-corrected chi connectivity index (χ4v) is 1.69. The van der Waals surface area contributed by atoms with Crippen LogP contribution in [0.15, 0.2) is 22.8 Å². The summed E-state index contributed by atoms with van der Waals surface area (Å²) >= 11 is 3.35. The average Bonchev–Trinajstić information content (AvgIpc) is 2.16. The quantitative estimate of drug-likeness (QED) is 0.813. The van der Waals surface area contributed by atoms with Crippen LogP contribution in [0, 0.1) is 5.92 Å². The van der Waals surface area contributed by atoms with Gasteiger partial charge in [-0.05, 0) is 47.3 Å². The molecule has 1 heterocycles. The summed E-state index contributed by atoms with van der Waals surface area (Å²) in [5, 5.41) is 0. The lowest BCUT2D eigenvalue weighted by molar-refractivity contribution is 0.0379. The lowest BCUT2D eigenvalue weighted by atomic mass is 10.1. The number of nitrogens with zero attached hydrogens (tertiary/aromatic N) is 1. The van der Waals surface area contributed by atoms with Crippen molar-refractivity contribution in [3.63, 3.8) is 0 Å². The minimum Gasteiger partial charge on any atom is -0.372 e. The highest BCUT2D eigenvalue weighted by Crippen LogP contribution is 2.11. The van der Waals surface area contributed by atoms with E-state index >= 15 is 0 Å². The number of pyridine rings is 1. The molecule has 0 N–H and O–H groups in total. The molecule has 15 heavy (non-hydrogen) atoms. The summed E-state index contributed by atoms with van der Waals surface area (Å²) in [7, 11) is 0. The number of rotatable bonds is 5. The van der Waals surface area contributed by atoms with E-state index in [-0.39, 0.29) is 0 Å². The molecule has 0 radical (unpaired) electrons. The van der Waals surface area contributed by atoms with Gasteiger partial charge in [0.1, 0.15) is 0 Å². The number of aromatic nitrogens is 1. The van der Waals surface area contributed by atoms with Gasteiger partial charge in [-0.1, -0.05) is 13.8 Å². The van der Waals surface area contributed by atoms with Crippen LogP contribution in [-0.4, -0.2) is 11.1 Å². The molecule has 1 rings (SSSR count). The van der Waals surface area contributed by atoms with Crippen LogP contribution in [-0.2, 0) is 11.3 Å². The maximum Gasteiger partial charge on any atom is 0.0891 e. The molecule has 0 aliphatic rings.